The number of rotatable bonds is 8. The summed E-state index contributed by atoms with van der Waals surface area (Å²) in [4.78, 5) is 26.7. The molecule has 1 heterocycles. The van der Waals surface area contributed by atoms with E-state index in [0.29, 0.717) is 19.0 Å². The molecule has 1 saturated heterocycles. The first-order valence-electron chi connectivity index (χ1n) is 13.0. The Morgan fingerprint density at radius 2 is 1.83 bits per heavy atom. The highest BCUT2D eigenvalue weighted by atomic mass is 35.5. The number of hydrogen-bond acceptors (Lipinski definition) is 7. The number of benzene rings is 2. The minimum Gasteiger partial charge on any atom is -0.444 e. The Bertz CT molecular complexity index is 1460. The van der Waals surface area contributed by atoms with E-state index in [9.17, 15) is 31.2 Å². The van der Waals surface area contributed by atoms with Crippen molar-refractivity contribution in [3.05, 3.63) is 56.6 Å². The maximum atomic E-state index is 14.2. The average molecular weight is 654 g/mol. The number of sulfone groups is 1. The summed E-state index contributed by atoms with van der Waals surface area (Å²) in [5.41, 5.74) is 3.23. The van der Waals surface area contributed by atoms with Gasteiger partial charge in [0.05, 0.1) is 32.5 Å². The summed E-state index contributed by atoms with van der Waals surface area (Å²) in [6, 6.07) is 4.34. The van der Waals surface area contributed by atoms with Gasteiger partial charge in [0.2, 0.25) is 0 Å². The number of nitrogen functional groups attached to an aromatic ring is 1. The highest BCUT2D eigenvalue weighted by Crippen LogP contribution is 2.40. The average Bonchev–Trinajstić information content (AvgIpc) is 3.29. The van der Waals surface area contributed by atoms with Gasteiger partial charge in [-0.15, -0.1) is 0 Å². The van der Waals surface area contributed by atoms with Crippen LogP contribution in [-0.4, -0.2) is 55.8 Å². The molecular formula is C27H33Cl2F3N4O5S. The monoisotopic (exact) mass is 652 g/mol. The van der Waals surface area contributed by atoms with E-state index in [4.69, 9.17) is 33.7 Å². The summed E-state index contributed by atoms with van der Waals surface area (Å²) in [5.74, 6) is -1.18. The molecule has 15 heteroatoms. The van der Waals surface area contributed by atoms with Crippen molar-refractivity contribution in [2.45, 2.75) is 69.9 Å². The van der Waals surface area contributed by atoms with Crippen molar-refractivity contribution in [1.29, 1.82) is 0 Å². The van der Waals surface area contributed by atoms with Crippen LogP contribution in [0.3, 0.4) is 0 Å². The van der Waals surface area contributed by atoms with Crippen LogP contribution in [0.1, 0.15) is 61.2 Å². The van der Waals surface area contributed by atoms with Crippen LogP contribution in [0.4, 0.5) is 23.7 Å². The molecule has 1 fully saturated rings. The Morgan fingerprint density at radius 3 is 2.43 bits per heavy atom. The van der Waals surface area contributed by atoms with Gasteiger partial charge in [0, 0.05) is 37.2 Å². The molecule has 0 aromatic heterocycles. The van der Waals surface area contributed by atoms with Crippen molar-refractivity contribution >= 4 is 50.7 Å². The molecule has 0 bridgehead atoms. The molecule has 2 amide bonds. The van der Waals surface area contributed by atoms with Gasteiger partial charge in [-0.05, 0) is 62.6 Å². The van der Waals surface area contributed by atoms with Crippen LogP contribution in [0.2, 0.25) is 10.0 Å². The largest absolute Gasteiger partial charge is 0.444 e. The summed E-state index contributed by atoms with van der Waals surface area (Å²) in [7, 11) is -3.67. The zero-order valence-corrected chi connectivity index (χ0v) is 25.8. The molecule has 3 rings (SSSR count). The number of amides is 2. The SMILES string of the molecule is CCS(=O)(=O)c1ccc(Cl)cc1CNC(=O)c1cc(C(F)(F)F)c(CN2CC[C@@H](NC(=O)OC(C)(C)C)C2)c(Cl)c1N. The topological polar surface area (TPSA) is 131 Å². The van der Waals surface area contributed by atoms with Crippen molar-refractivity contribution < 1.29 is 35.9 Å². The first-order chi connectivity index (χ1) is 19.3. The smallest absolute Gasteiger partial charge is 0.416 e. The Kier molecular flexibility index (Phi) is 10.3. The second-order valence-electron chi connectivity index (χ2n) is 10.9. The number of ether oxygens (including phenoxy) is 1. The van der Waals surface area contributed by atoms with Crippen LogP contribution in [0.15, 0.2) is 29.2 Å². The summed E-state index contributed by atoms with van der Waals surface area (Å²) >= 11 is 12.4. The molecule has 0 saturated carbocycles. The fraction of sp³-hybridized carbons (Fsp3) is 0.481. The summed E-state index contributed by atoms with van der Waals surface area (Å²) < 4.78 is 72.8. The second-order valence-corrected chi connectivity index (χ2v) is 13.9. The molecule has 1 atom stereocenters. The lowest BCUT2D eigenvalue weighted by Crippen LogP contribution is -2.40. The summed E-state index contributed by atoms with van der Waals surface area (Å²) in [5, 5.41) is 4.93. The van der Waals surface area contributed by atoms with Gasteiger partial charge in [-0.25, -0.2) is 13.2 Å². The predicted molar refractivity (Wildman–Crippen MR) is 154 cm³/mol. The number of carbonyl (C=O) groups excluding carboxylic acids is 2. The van der Waals surface area contributed by atoms with Gasteiger partial charge in [-0.1, -0.05) is 30.1 Å². The van der Waals surface area contributed by atoms with Crippen LogP contribution < -0.4 is 16.4 Å². The van der Waals surface area contributed by atoms with Crippen LogP contribution in [0, 0.1) is 0 Å². The van der Waals surface area contributed by atoms with E-state index in [-0.39, 0.29) is 58.2 Å². The third-order valence-corrected chi connectivity index (χ3v) is 9.00. The molecule has 232 valence electrons. The van der Waals surface area contributed by atoms with Crippen LogP contribution >= 0.6 is 23.2 Å². The summed E-state index contributed by atoms with van der Waals surface area (Å²) in [6.45, 7) is 6.66. The first kappa shape index (κ1) is 33.8. The third kappa shape index (κ3) is 8.42. The van der Waals surface area contributed by atoms with Crippen LogP contribution in [-0.2, 0) is 33.8 Å². The number of nitrogens with two attached hydrogens (primary N) is 1. The molecule has 42 heavy (non-hydrogen) atoms. The van der Waals surface area contributed by atoms with Gasteiger partial charge in [0.15, 0.2) is 9.84 Å². The highest BCUT2D eigenvalue weighted by Gasteiger charge is 2.38. The lowest BCUT2D eigenvalue weighted by atomic mass is 10.00. The van der Waals surface area contributed by atoms with Crippen molar-refractivity contribution in [3.63, 3.8) is 0 Å². The number of anilines is 1. The molecular weight excluding hydrogens is 620 g/mol. The molecule has 0 radical (unpaired) electrons. The van der Waals surface area contributed by atoms with Crippen molar-refractivity contribution in [3.8, 4) is 0 Å². The van der Waals surface area contributed by atoms with E-state index in [0.717, 1.165) is 0 Å². The lowest BCUT2D eigenvalue weighted by Gasteiger charge is -2.24. The zero-order valence-electron chi connectivity index (χ0n) is 23.5. The number of halogens is 5. The van der Waals surface area contributed by atoms with Gasteiger partial charge in [0.1, 0.15) is 5.60 Å². The molecule has 0 unspecified atom stereocenters. The van der Waals surface area contributed by atoms with E-state index in [1.54, 1.807) is 25.7 Å². The quantitative estimate of drug-likeness (QED) is 0.325. The lowest BCUT2D eigenvalue weighted by molar-refractivity contribution is -0.138. The Balaban J connectivity index is 1.83. The number of nitrogens with zero attached hydrogens (tertiary/aromatic N) is 1. The Hall–Kier alpha value is -2.74. The van der Waals surface area contributed by atoms with Crippen LogP contribution in [0.5, 0.6) is 0 Å². The number of alkyl halides is 3. The molecule has 1 aliphatic rings. The number of alkyl carbamates (subject to hydrolysis) is 1. The van der Waals surface area contributed by atoms with E-state index < -0.39 is 49.8 Å². The molecule has 4 N–H and O–H groups in total. The van der Waals surface area contributed by atoms with E-state index in [2.05, 4.69) is 10.6 Å². The van der Waals surface area contributed by atoms with Crippen molar-refractivity contribution in [1.82, 2.24) is 15.5 Å². The van der Waals surface area contributed by atoms with E-state index in [1.165, 1.54) is 25.1 Å². The molecule has 0 aliphatic carbocycles. The third-order valence-electron chi connectivity index (χ3n) is 6.51. The number of likely N-dealkylation sites (tertiary alicyclic amines) is 1. The molecule has 2 aromatic carbocycles. The highest BCUT2D eigenvalue weighted by molar-refractivity contribution is 7.91. The van der Waals surface area contributed by atoms with E-state index in [1.807, 2.05) is 0 Å². The minimum absolute atomic E-state index is 0.0582. The van der Waals surface area contributed by atoms with Gasteiger partial charge >= 0.3 is 12.3 Å². The van der Waals surface area contributed by atoms with Crippen LogP contribution in [0.25, 0.3) is 0 Å². The Labute approximate surface area is 252 Å². The summed E-state index contributed by atoms with van der Waals surface area (Å²) in [6.07, 6.45) is -5.02. The molecule has 0 spiro atoms. The number of nitrogens with one attached hydrogen (secondary N) is 2. The molecule has 9 nitrogen and oxygen atoms in total. The van der Waals surface area contributed by atoms with Gasteiger partial charge in [-0.3, -0.25) is 9.69 Å². The van der Waals surface area contributed by atoms with Gasteiger partial charge in [-0.2, -0.15) is 13.2 Å². The fourth-order valence-corrected chi connectivity index (χ4v) is 6.09. The number of hydrogen-bond donors (Lipinski definition) is 3. The second kappa shape index (κ2) is 12.9. The van der Waals surface area contributed by atoms with Gasteiger partial charge < -0.3 is 21.1 Å². The number of carbonyl (C=O) groups is 2. The normalized spacial score (nSPS) is 16.4. The zero-order chi connectivity index (χ0) is 31.6. The van der Waals surface area contributed by atoms with Crippen molar-refractivity contribution in [2.75, 3.05) is 24.6 Å². The molecule has 2 aromatic rings. The predicted octanol–water partition coefficient (Wildman–Crippen LogP) is 5.42. The maximum Gasteiger partial charge on any atom is 0.416 e. The minimum atomic E-state index is -4.87. The molecule has 1 aliphatic heterocycles. The van der Waals surface area contributed by atoms with Gasteiger partial charge in [0.25, 0.3) is 5.91 Å². The fourth-order valence-electron chi connectivity index (χ4n) is 4.51. The standard InChI is InChI=1S/C27H33Cl2F3N4O5S/c1-5-42(39,40)21-7-6-16(28)10-15(21)12-34-24(37)18-11-20(27(30,31)32)19(22(29)23(18)33)14-36-9-8-17(13-36)35-25(38)41-26(2,3)4/h6-7,10-11,17H,5,8-9,12-14,33H2,1-4H3,(H,34,37)(H,35,38)/t17-/m1/s1. The maximum absolute atomic E-state index is 14.2. The van der Waals surface area contributed by atoms with Crippen molar-refractivity contribution in [2.24, 2.45) is 0 Å². The van der Waals surface area contributed by atoms with E-state index >= 15 is 0 Å². The Morgan fingerprint density at radius 1 is 1.17 bits per heavy atom. The first-order valence-corrected chi connectivity index (χ1v) is 15.4.